The van der Waals surface area contributed by atoms with Crippen LogP contribution in [0.2, 0.25) is 0 Å². The smallest absolute Gasteiger partial charge is 0.163 e. The molecule has 0 bridgehead atoms. The van der Waals surface area contributed by atoms with Gasteiger partial charge in [-0.15, -0.1) is 0 Å². The van der Waals surface area contributed by atoms with Gasteiger partial charge in [0.15, 0.2) is 17.3 Å². The van der Waals surface area contributed by atoms with Crippen molar-refractivity contribution in [2.75, 3.05) is 13.2 Å². The number of benzene rings is 1. The van der Waals surface area contributed by atoms with Crippen molar-refractivity contribution in [2.24, 2.45) is 5.73 Å². The van der Waals surface area contributed by atoms with Crippen LogP contribution in [0.4, 0.5) is 0 Å². The Morgan fingerprint density at radius 3 is 2.70 bits per heavy atom. The molecule has 3 rings (SSSR count). The van der Waals surface area contributed by atoms with Crippen molar-refractivity contribution in [3.05, 3.63) is 29.8 Å². The first-order chi connectivity index (χ1) is 9.76. The zero-order chi connectivity index (χ0) is 13.9. The fourth-order valence-electron chi connectivity index (χ4n) is 2.06. The number of hydrogen-bond acceptors (Lipinski definition) is 6. The van der Waals surface area contributed by atoms with Crippen LogP contribution in [0, 0.1) is 6.92 Å². The molecule has 0 saturated heterocycles. The van der Waals surface area contributed by atoms with Gasteiger partial charge in [-0.1, -0.05) is 0 Å². The van der Waals surface area contributed by atoms with Crippen LogP contribution in [0.1, 0.15) is 18.1 Å². The van der Waals surface area contributed by atoms with E-state index in [0.717, 1.165) is 23.5 Å². The van der Waals surface area contributed by atoms with Crippen LogP contribution in [-0.4, -0.2) is 28.2 Å². The predicted octanol–water partition coefficient (Wildman–Crippen LogP) is 1.47. The SMILES string of the molecule is Cc1nc(CN)nc(-c2ccc3c(c2)OCCCO3)n1. The zero-order valence-electron chi connectivity index (χ0n) is 11.3. The molecule has 0 fully saturated rings. The third kappa shape index (κ3) is 2.55. The van der Waals surface area contributed by atoms with Crippen molar-refractivity contribution < 1.29 is 9.47 Å². The molecule has 0 saturated carbocycles. The van der Waals surface area contributed by atoms with Crippen molar-refractivity contribution >= 4 is 0 Å². The van der Waals surface area contributed by atoms with Crippen LogP contribution in [0.15, 0.2) is 18.2 Å². The average molecular weight is 272 g/mol. The summed E-state index contributed by atoms with van der Waals surface area (Å²) < 4.78 is 11.3. The third-order valence-corrected chi connectivity index (χ3v) is 2.98. The number of aromatic nitrogens is 3. The summed E-state index contributed by atoms with van der Waals surface area (Å²) >= 11 is 0. The highest BCUT2D eigenvalue weighted by molar-refractivity contribution is 5.61. The number of nitrogens with two attached hydrogens (primary N) is 1. The summed E-state index contributed by atoms with van der Waals surface area (Å²) in [5.74, 6) is 3.33. The number of ether oxygens (including phenoxy) is 2. The second-order valence-electron chi connectivity index (χ2n) is 4.54. The Morgan fingerprint density at radius 2 is 1.90 bits per heavy atom. The first-order valence-electron chi connectivity index (χ1n) is 6.58. The van der Waals surface area contributed by atoms with E-state index in [9.17, 15) is 0 Å². The van der Waals surface area contributed by atoms with Gasteiger partial charge in [0.1, 0.15) is 11.6 Å². The Labute approximate surface area is 117 Å². The molecule has 1 aromatic carbocycles. The Bertz CT molecular complexity index is 631. The molecule has 0 amide bonds. The molecule has 2 aromatic rings. The Morgan fingerprint density at radius 1 is 1.10 bits per heavy atom. The largest absolute Gasteiger partial charge is 0.490 e. The minimum Gasteiger partial charge on any atom is -0.490 e. The fraction of sp³-hybridized carbons (Fsp3) is 0.357. The summed E-state index contributed by atoms with van der Waals surface area (Å²) in [6, 6.07) is 5.70. The van der Waals surface area contributed by atoms with Gasteiger partial charge in [-0.2, -0.15) is 0 Å². The standard InChI is InChI=1S/C14H16N4O2/c1-9-16-13(8-15)18-14(17-9)10-3-4-11-12(7-10)20-6-2-5-19-11/h3-4,7H,2,5-6,8,15H2,1H3. The molecule has 6 heteroatoms. The molecule has 0 radical (unpaired) electrons. The van der Waals surface area contributed by atoms with E-state index in [1.54, 1.807) is 0 Å². The summed E-state index contributed by atoms with van der Waals surface area (Å²) in [5.41, 5.74) is 6.47. The molecular weight excluding hydrogens is 256 g/mol. The molecule has 104 valence electrons. The molecule has 6 nitrogen and oxygen atoms in total. The molecule has 2 N–H and O–H groups in total. The number of fused-ring (bicyclic) bond motifs is 1. The second kappa shape index (κ2) is 5.42. The molecular formula is C14H16N4O2. The quantitative estimate of drug-likeness (QED) is 0.891. The summed E-state index contributed by atoms with van der Waals surface area (Å²) in [6.45, 7) is 3.45. The molecule has 0 atom stereocenters. The highest BCUT2D eigenvalue weighted by atomic mass is 16.5. The van der Waals surface area contributed by atoms with E-state index in [4.69, 9.17) is 15.2 Å². The van der Waals surface area contributed by atoms with Gasteiger partial charge in [0, 0.05) is 12.0 Å². The van der Waals surface area contributed by atoms with Crippen molar-refractivity contribution in [1.29, 1.82) is 0 Å². The van der Waals surface area contributed by atoms with Gasteiger partial charge < -0.3 is 15.2 Å². The lowest BCUT2D eigenvalue weighted by Gasteiger charge is -2.09. The highest BCUT2D eigenvalue weighted by Crippen LogP contribution is 2.33. The molecule has 1 aliphatic rings. The number of nitrogens with zero attached hydrogens (tertiary/aromatic N) is 3. The molecule has 0 spiro atoms. The third-order valence-electron chi connectivity index (χ3n) is 2.98. The molecule has 0 unspecified atom stereocenters. The number of aryl methyl sites for hydroxylation is 1. The number of rotatable bonds is 2. The van der Waals surface area contributed by atoms with Gasteiger partial charge >= 0.3 is 0 Å². The van der Waals surface area contributed by atoms with Crippen molar-refractivity contribution in [3.8, 4) is 22.9 Å². The summed E-state index contributed by atoms with van der Waals surface area (Å²) in [7, 11) is 0. The first-order valence-corrected chi connectivity index (χ1v) is 6.58. The second-order valence-corrected chi connectivity index (χ2v) is 4.54. The normalized spacial score (nSPS) is 13.9. The Kier molecular flexibility index (Phi) is 3.47. The van der Waals surface area contributed by atoms with E-state index in [-0.39, 0.29) is 0 Å². The molecule has 0 aliphatic carbocycles. The maximum atomic E-state index is 5.68. The van der Waals surface area contributed by atoms with Gasteiger partial charge in [0.05, 0.1) is 19.8 Å². The van der Waals surface area contributed by atoms with Gasteiger partial charge in [-0.3, -0.25) is 0 Å². The van der Waals surface area contributed by atoms with Crippen LogP contribution in [0.3, 0.4) is 0 Å². The van der Waals surface area contributed by atoms with E-state index in [0.29, 0.717) is 37.2 Å². The summed E-state index contributed by atoms with van der Waals surface area (Å²) in [4.78, 5) is 12.9. The predicted molar refractivity (Wildman–Crippen MR) is 73.5 cm³/mol. The monoisotopic (exact) mass is 272 g/mol. The maximum Gasteiger partial charge on any atom is 0.163 e. The highest BCUT2D eigenvalue weighted by Gasteiger charge is 2.13. The minimum absolute atomic E-state index is 0.293. The number of hydrogen-bond donors (Lipinski definition) is 1. The lowest BCUT2D eigenvalue weighted by molar-refractivity contribution is 0.297. The van der Waals surface area contributed by atoms with E-state index >= 15 is 0 Å². The molecule has 1 aliphatic heterocycles. The van der Waals surface area contributed by atoms with Crippen molar-refractivity contribution in [3.63, 3.8) is 0 Å². The van der Waals surface area contributed by atoms with E-state index in [1.165, 1.54) is 0 Å². The Hall–Kier alpha value is -2.21. The zero-order valence-corrected chi connectivity index (χ0v) is 11.3. The first kappa shape index (κ1) is 12.8. The lowest BCUT2D eigenvalue weighted by Crippen LogP contribution is -2.07. The van der Waals surface area contributed by atoms with Crippen LogP contribution >= 0.6 is 0 Å². The summed E-state index contributed by atoms with van der Waals surface area (Å²) in [6.07, 6.45) is 0.881. The molecule has 2 heterocycles. The topological polar surface area (TPSA) is 83.2 Å². The van der Waals surface area contributed by atoms with E-state index < -0.39 is 0 Å². The Balaban J connectivity index is 2.02. The van der Waals surface area contributed by atoms with Gasteiger partial charge in [-0.05, 0) is 25.1 Å². The molecule has 1 aromatic heterocycles. The lowest BCUT2D eigenvalue weighted by atomic mass is 10.2. The van der Waals surface area contributed by atoms with Crippen molar-refractivity contribution in [1.82, 2.24) is 15.0 Å². The summed E-state index contributed by atoms with van der Waals surface area (Å²) in [5, 5.41) is 0. The molecule has 20 heavy (non-hydrogen) atoms. The fourth-order valence-corrected chi connectivity index (χ4v) is 2.06. The van der Waals surface area contributed by atoms with Gasteiger partial charge in [0.25, 0.3) is 0 Å². The van der Waals surface area contributed by atoms with Gasteiger partial charge in [0.2, 0.25) is 0 Å². The maximum absolute atomic E-state index is 5.68. The van der Waals surface area contributed by atoms with Crippen LogP contribution in [0.25, 0.3) is 11.4 Å². The van der Waals surface area contributed by atoms with E-state index in [2.05, 4.69) is 15.0 Å². The van der Waals surface area contributed by atoms with Gasteiger partial charge in [-0.25, -0.2) is 15.0 Å². The van der Waals surface area contributed by atoms with E-state index in [1.807, 2.05) is 25.1 Å². The average Bonchev–Trinajstić information content (AvgIpc) is 2.70. The van der Waals surface area contributed by atoms with Crippen LogP contribution < -0.4 is 15.2 Å². The minimum atomic E-state index is 0.293. The van der Waals surface area contributed by atoms with Crippen molar-refractivity contribution in [2.45, 2.75) is 19.9 Å². The van der Waals surface area contributed by atoms with Crippen LogP contribution in [0.5, 0.6) is 11.5 Å². The van der Waals surface area contributed by atoms with Crippen LogP contribution in [-0.2, 0) is 6.54 Å².